The lowest BCUT2D eigenvalue weighted by molar-refractivity contribution is 0.462. The number of hydrogen-bond acceptors (Lipinski definition) is 3. The van der Waals surface area contributed by atoms with Gasteiger partial charge in [0, 0.05) is 0 Å². The van der Waals surface area contributed by atoms with Crippen LogP contribution in [0.15, 0.2) is 54.7 Å². The summed E-state index contributed by atoms with van der Waals surface area (Å²) in [6.45, 7) is 6.58. The molecular weight excluding hydrogens is 260 g/mol. The standard InChI is InChI=1S/C18H18N2O/c1-18(2,3)13-8-10-14(11-9-13)21-17-12-19-15-6-4-5-7-16(15)20-17/h4-12H,1-3H3. The van der Waals surface area contributed by atoms with Gasteiger partial charge in [-0.25, -0.2) is 9.97 Å². The predicted octanol–water partition coefficient (Wildman–Crippen LogP) is 4.72. The van der Waals surface area contributed by atoms with E-state index in [1.165, 1.54) is 5.56 Å². The topological polar surface area (TPSA) is 35.0 Å². The van der Waals surface area contributed by atoms with E-state index in [2.05, 4.69) is 42.9 Å². The van der Waals surface area contributed by atoms with Gasteiger partial charge in [0.05, 0.1) is 17.2 Å². The Morgan fingerprint density at radius 2 is 1.52 bits per heavy atom. The summed E-state index contributed by atoms with van der Waals surface area (Å²) in [7, 11) is 0. The van der Waals surface area contributed by atoms with Gasteiger partial charge in [-0.3, -0.25) is 0 Å². The number of benzene rings is 2. The number of nitrogens with zero attached hydrogens (tertiary/aromatic N) is 2. The lowest BCUT2D eigenvalue weighted by atomic mass is 9.87. The Hall–Kier alpha value is -2.42. The molecule has 3 aromatic rings. The van der Waals surface area contributed by atoms with Crippen LogP contribution in [0.25, 0.3) is 11.0 Å². The Kier molecular flexibility index (Phi) is 3.34. The van der Waals surface area contributed by atoms with Crippen LogP contribution in [0.3, 0.4) is 0 Å². The maximum absolute atomic E-state index is 5.78. The molecule has 1 heterocycles. The molecule has 0 atom stereocenters. The van der Waals surface area contributed by atoms with Crippen LogP contribution in [0.2, 0.25) is 0 Å². The molecule has 106 valence electrons. The van der Waals surface area contributed by atoms with Gasteiger partial charge in [0.25, 0.3) is 0 Å². The van der Waals surface area contributed by atoms with Crippen LogP contribution < -0.4 is 4.74 Å². The highest BCUT2D eigenvalue weighted by Crippen LogP contribution is 2.26. The Morgan fingerprint density at radius 3 is 2.19 bits per heavy atom. The number of ether oxygens (including phenoxy) is 1. The van der Waals surface area contributed by atoms with E-state index in [1.807, 2.05) is 36.4 Å². The van der Waals surface area contributed by atoms with Gasteiger partial charge in [-0.1, -0.05) is 45.0 Å². The summed E-state index contributed by atoms with van der Waals surface area (Å²) in [5.74, 6) is 1.28. The van der Waals surface area contributed by atoms with Crippen LogP contribution in [0.5, 0.6) is 11.6 Å². The van der Waals surface area contributed by atoms with Crippen LogP contribution in [-0.4, -0.2) is 9.97 Å². The van der Waals surface area contributed by atoms with E-state index in [0.717, 1.165) is 16.8 Å². The second kappa shape index (κ2) is 5.17. The molecule has 3 rings (SSSR count). The molecular formula is C18H18N2O. The molecule has 0 radical (unpaired) electrons. The molecule has 0 amide bonds. The first kappa shape index (κ1) is 13.6. The second-order valence-electron chi connectivity index (χ2n) is 6.07. The zero-order valence-corrected chi connectivity index (χ0v) is 12.5. The van der Waals surface area contributed by atoms with Crippen molar-refractivity contribution in [2.45, 2.75) is 26.2 Å². The zero-order valence-electron chi connectivity index (χ0n) is 12.5. The molecule has 0 aliphatic rings. The van der Waals surface area contributed by atoms with Crippen molar-refractivity contribution in [1.82, 2.24) is 9.97 Å². The van der Waals surface area contributed by atoms with Gasteiger partial charge in [0.15, 0.2) is 0 Å². The van der Waals surface area contributed by atoms with Gasteiger partial charge in [-0.2, -0.15) is 0 Å². The molecule has 0 aliphatic heterocycles. The molecule has 0 fully saturated rings. The number of fused-ring (bicyclic) bond motifs is 1. The molecule has 0 saturated carbocycles. The molecule has 2 aromatic carbocycles. The van der Waals surface area contributed by atoms with Crippen molar-refractivity contribution in [2.75, 3.05) is 0 Å². The number of hydrogen-bond donors (Lipinski definition) is 0. The third kappa shape index (κ3) is 3.02. The molecule has 0 N–H and O–H groups in total. The first-order valence-corrected chi connectivity index (χ1v) is 7.02. The van der Waals surface area contributed by atoms with Crippen molar-refractivity contribution >= 4 is 11.0 Å². The van der Waals surface area contributed by atoms with Gasteiger partial charge < -0.3 is 4.74 Å². The summed E-state index contributed by atoms with van der Waals surface area (Å²) < 4.78 is 5.78. The monoisotopic (exact) mass is 278 g/mol. The van der Waals surface area contributed by atoms with Crippen molar-refractivity contribution in [3.05, 3.63) is 60.3 Å². The van der Waals surface area contributed by atoms with E-state index >= 15 is 0 Å². The maximum atomic E-state index is 5.78. The van der Waals surface area contributed by atoms with E-state index in [1.54, 1.807) is 6.20 Å². The third-order valence-electron chi connectivity index (χ3n) is 3.37. The minimum atomic E-state index is 0.140. The second-order valence-corrected chi connectivity index (χ2v) is 6.07. The van der Waals surface area contributed by atoms with Gasteiger partial charge in [0.1, 0.15) is 5.75 Å². The summed E-state index contributed by atoms with van der Waals surface area (Å²) in [6, 6.07) is 15.9. The highest BCUT2D eigenvalue weighted by Gasteiger charge is 2.13. The van der Waals surface area contributed by atoms with E-state index in [-0.39, 0.29) is 5.41 Å². The number of para-hydroxylation sites is 2. The van der Waals surface area contributed by atoms with Crippen molar-refractivity contribution < 1.29 is 4.74 Å². The molecule has 3 heteroatoms. The van der Waals surface area contributed by atoms with E-state index < -0.39 is 0 Å². The van der Waals surface area contributed by atoms with Crippen LogP contribution in [0.4, 0.5) is 0 Å². The van der Waals surface area contributed by atoms with Gasteiger partial charge in [-0.15, -0.1) is 0 Å². The summed E-state index contributed by atoms with van der Waals surface area (Å²) in [6.07, 6.45) is 1.65. The lowest BCUT2D eigenvalue weighted by Crippen LogP contribution is -2.10. The minimum absolute atomic E-state index is 0.140. The van der Waals surface area contributed by atoms with Crippen LogP contribution in [0, 0.1) is 0 Å². The smallest absolute Gasteiger partial charge is 0.238 e. The molecule has 0 aliphatic carbocycles. The Labute approximate surface area is 124 Å². The lowest BCUT2D eigenvalue weighted by Gasteiger charge is -2.19. The molecule has 0 saturated heterocycles. The highest BCUT2D eigenvalue weighted by atomic mass is 16.5. The molecule has 1 aromatic heterocycles. The fourth-order valence-corrected chi connectivity index (χ4v) is 2.13. The van der Waals surface area contributed by atoms with Crippen LogP contribution in [-0.2, 0) is 5.41 Å². The summed E-state index contributed by atoms with van der Waals surface area (Å²) in [5.41, 5.74) is 3.12. The Morgan fingerprint density at radius 1 is 0.857 bits per heavy atom. The molecule has 0 unspecified atom stereocenters. The fraction of sp³-hybridized carbons (Fsp3) is 0.222. The van der Waals surface area contributed by atoms with E-state index in [0.29, 0.717) is 5.88 Å². The maximum Gasteiger partial charge on any atom is 0.238 e. The third-order valence-corrected chi connectivity index (χ3v) is 3.37. The minimum Gasteiger partial charge on any atom is -0.437 e. The number of rotatable bonds is 2. The van der Waals surface area contributed by atoms with Crippen molar-refractivity contribution in [3.8, 4) is 11.6 Å². The fourth-order valence-electron chi connectivity index (χ4n) is 2.13. The van der Waals surface area contributed by atoms with Gasteiger partial charge >= 0.3 is 0 Å². The molecule has 21 heavy (non-hydrogen) atoms. The normalized spacial score (nSPS) is 11.6. The zero-order chi connectivity index (χ0) is 14.9. The summed E-state index contributed by atoms with van der Waals surface area (Å²) in [4.78, 5) is 8.80. The predicted molar refractivity (Wildman–Crippen MR) is 84.8 cm³/mol. The SMILES string of the molecule is CC(C)(C)c1ccc(Oc2cnc3ccccc3n2)cc1. The average molecular weight is 278 g/mol. The molecule has 0 bridgehead atoms. The first-order chi connectivity index (χ1) is 10.0. The quantitative estimate of drug-likeness (QED) is 0.680. The van der Waals surface area contributed by atoms with Gasteiger partial charge in [0.2, 0.25) is 5.88 Å². The van der Waals surface area contributed by atoms with Crippen molar-refractivity contribution in [1.29, 1.82) is 0 Å². The highest BCUT2D eigenvalue weighted by molar-refractivity contribution is 5.74. The van der Waals surface area contributed by atoms with Crippen LogP contribution in [0.1, 0.15) is 26.3 Å². The molecule has 3 nitrogen and oxygen atoms in total. The van der Waals surface area contributed by atoms with Crippen molar-refractivity contribution in [3.63, 3.8) is 0 Å². The summed E-state index contributed by atoms with van der Waals surface area (Å²) >= 11 is 0. The molecule has 0 spiro atoms. The van der Waals surface area contributed by atoms with E-state index in [4.69, 9.17) is 4.74 Å². The Bertz CT molecular complexity index is 758. The average Bonchev–Trinajstić information content (AvgIpc) is 2.47. The number of aromatic nitrogens is 2. The van der Waals surface area contributed by atoms with Crippen molar-refractivity contribution in [2.24, 2.45) is 0 Å². The van der Waals surface area contributed by atoms with E-state index in [9.17, 15) is 0 Å². The first-order valence-electron chi connectivity index (χ1n) is 7.02. The Balaban J connectivity index is 1.84. The largest absolute Gasteiger partial charge is 0.437 e. The van der Waals surface area contributed by atoms with Crippen LogP contribution >= 0.6 is 0 Å². The van der Waals surface area contributed by atoms with Gasteiger partial charge in [-0.05, 0) is 35.2 Å². The summed E-state index contributed by atoms with van der Waals surface area (Å²) in [5, 5.41) is 0.